The van der Waals surface area contributed by atoms with Crippen molar-refractivity contribution in [2.24, 2.45) is 0 Å². The normalized spacial score (nSPS) is 20.6. The molecule has 0 aromatic heterocycles. The number of allylic oxidation sites excluding steroid dienone is 2. The van der Waals surface area contributed by atoms with Gasteiger partial charge in [0.05, 0.1) is 12.4 Å². The minimum absolute atomic E-state index is 0. The van der Waals surface area contributed by atoms with Crippen LogP contribution in [0, 0.1) is 0 Å². The van der Waals surface area contributed by atoms with Crippen LogP contribution in [0.3, 0.4) is 0 Å². The van der Waals surface area contributed by atoms with Crippen LogP contribution in [0.15, 0.2) is 10.6 Å². The van der Waals surface area contributed by atoms with Crippen LogP contribution in [0.2, 0.25) is 0 Å². The molecule has 2 aliphatic heterocycles. The van der Waals surface area contributed by atoms with E-state index in [2.05, 4.69) is 18.7 Å². The molecule has 0 spiro atoms. The molecule has 98 valence electrons. The standard InChI is InChI=1S/C12H20N2OS.BrH/c1-10-11(2)16-9-14(10)8-12(15)13-6-4-3-5-7-13;/h3-9H2,1-2H3;1H. The first-order valence-electron chi connectivity index (χ1n) is 6.01. The molecule has 2 aliphatic rings. The van der Waals surface area contributed by atoms with Crippen LogP contribution >= 0.6 is 28.7 Å². The monoisotopic (exact) mass is 320 g/mol. The quantitative estimate of drug-likeness (QED) is 0.781. The molecule has 0 radical (unpaired) electrons. The van der Waals surface area contributed by atoms with Gasteiger partial charge in [0.15, 0.2) is 0 Å². The molecule has 1 amide bonds. The van der Waals surface area contributed by atoms with Crippen molar-refractivity contribution in [3.63, 3.8) is 0 Å². The second kappa shape index (κ2) is 6.69. The lowest BCUT2D eigenvalue weighted by atomic mass is 10.1. The lowest BCUT2D eigenvalue weighted by Gasteiger charge is -2.29. The molecule has 0 aromatic rings. The number of hydrogen-bond acceptors (Lipinski definition) is 3. The number of likely N-dealkylation sites (tertiary alicyclic amines) is 1. The maximum absolute atomic E-state index is 12.1. The van der Waals surface area contributed by atoms with Gasteiger partial charge in [-0.25, -0.2) is 0 Å². The average molecular weight is 321 g/mol. The molecular formula is C12H21BrN2OS. The summed E-state index contributed by atoms with van der Waals surface area (Å²) in [6.07, 6.45) is 3.63. The van der Waals surface area contributed by atoms with Crippen molar-refractivity contribution in [2.45, 2.75) is 33.1 Å². The van der Waals surface area contributed by atoms with Crippen molar-refractivity contribution in [3.8, 4) is 0 Å². The van der Waals surface area contributed by atoms with E-state index in [9.17, 15) is 4.79 Å². The predicted molar refractivity (Wildman–Crippen MR) is 78.3 cm³/mol. The number of nitrogens with zero attached hydrogens (tertiary/aromatic N) is 2. The van der Waals surface area contributed by atoms with Crippen molar-refractivity contribution in [2.75, 3.05) is 25.5 Å². The van der Waals surface area contributed by atoms with Crippen LogP contribution in [-0.4, -0.2) is 41.2 Å². The van der Waals surface area contributed by atoms with Crippen molar-refractivity contribution in [1.29, 1.82) is 0 Å². The minimum atomic E-state index is 0. The molecule has 5 heteroatoms. The van der Waals surface area contributed by atoms with Crippen molar-refractivity contribution < 1.29 is 4.79 Å². The first-order chi connectivity index (χ1) is 7.68. The average Bonchev–Trinajstić information content (AvgIpc) is 2.62. The van der Waals surface area contributed by atoms with Gasteiger partial charge < -0.3 is 9.80 Å². The Balaban J connectivity index is 0.00000144. The zero-order chi connectivity index (χ0) is 11.5. The molecule has 1 fully saturated rings. The highest BCUT2D eigenvalue weighted by atomic mass is 79.9. The Morgan fingerprint density at radius 3 is 2.41 bits per heavy atom. The zero-order valence-electron chi connectivity index (χ0n) is 10.6. The van der Waals surface area contributed by atoms with Crippen molar-refractivity contribution in [3.05, 3.63) is 10.6 Å². The van der Waals surface area contributed by atoms with Crippen LogP contribution in [-0.2, 0) is 4.79 Å². The van der Waals surface area contributed by atoms with E-state index in [1.807, 2.05) is 16.7 Å². The van der Waals surface area contributed by atoms with Gasteiger partial charge in [-0.15, -0.1) is 28.7 Å². The largest absolute Gasteiger partial charge is 0.356 e. The molecular weight excluding hydrogens is 300 g/mol. The van der Waals surface area contributed by atoms with Gasteiger partial charge in [0.1, 0.15) is 0 Å². The summed E-state index contributed by atoms with van der Waals surface area (Å²) in [6, 6.07) is 0. The number of carbonyl (C=O) groups excluding carboxylic acids is 1. The van der Waals surface area contributed by atoms with Crippen molar-refractivity contribution >= 4 is 34.7 Å². The molecule has 1 saturated heterocycles. The maximum Gasteiger partial charge on any atom is 0.242 e. The van der Waals surface area contributed by atoms with Crippen LogP contribution in [0.1, 0.15) is 33.1 Å². The highest BCUT2D eigenvalue weighted by Gasteiger charge is 2.23. The summed E-state index contributed by atoms with van der Waals surface area (Å²) in [5, 5.41) is 0. The lowest BCUT2D eigenvalue weighted by Crippen LogP contribution is -2.41. The molecule has 0 bridgehead atoms. The number of rotatable bonds is 2. The molecule has 3 nitrogen and oxygen atoms in total. The Morgan fingerprint density at radius 2 is 1.88 bits per heavy atom. The summed E-state index contributed by atoms with van der Waals surface area (Å²) in [7, 11) is 0. The lowest BCUT2D eigenvalue weighted by molar-refractivity contribution is -0.132. The number of piperidine rings is 1. The maximum atomic E-state index is 12.1. The van der Waals surface area contributed by atoms with Gasteiger partial charge in [-0.05, 0) is 33.1 Å². The van der Waals surface area contributed by atoms with E-state index in [1.165, 1.54) is 29.9 Å². The Morgan fingerprint density at radius 1 is 1.24 bits per heavy atom. The second-order valence-corrected chi connectivity index (χ2v) is 5.71. The smallest absolute Gasteiger partial charge is 0.242 e. The van der Waals surface area contributed by atoms with E-state index in [0.717, 1.165) is 19.0 Å². The fraction of sp³-hybridized carbons (Fsp3) is 0.750. The van der Waals surface area contributed by atoms with Gasteiger partial charge >= 0.3 is 0 Å². The van der Waals surface area contributed by atoms with E-state index >= 15 is 0 Å². The topological polar surface area (TPSA) is 23.6 Å². The third-order valence-corrected chi connectivity index (χ3v) is 4.62. The molecule has 0 N–H and O–H groups in total. The highest BCUT2D eigenvalue weighted by Crippen LogP contribution is 2.30. The van der Waals surface area contributed by atoms with E-state index < -0.39 is 0 Å². The predicted octanol–water partition coefficient (Wildman–Crippen LogP) is 2.83. The van der Waals surface area contributed by atoms with Crippen molar-refractivity contribution in [1.82, 2.24) is 9.80 Å². The number of hydrogen-bond donors (Lipinski definition) is 0. The first-order valence-corrected chi connectivity index (χ1v) is 7.00. The summed E-state index contributed by atoms with van der Waals surface area (Å²) in [4.78, 5) is 17.6. The van der Waals surface area contributed by atoms with E-state index in [1.54, 1.807) is 0 Å². The van der Waals surface area contributed by atoms with Crippen LogP contribution < -0.4 is 0 Å². The molecule has 0 aromatic carbocycles. The summed E-state index contributed by atoms with van der Waals surface area (Å²) < 4.78 is 0. The molecule has 0 atom stereocenters. The Hall–Kier alpha value is -0.160. The molecule has 2 heterocycles. The number of thioether (sulfide) groups is 1. The fourth-order valence-electron chi connectivity index (χ4n) is 2.17. The van der Waals surface area contributed by atoms with E-state index in [4.69, 9.17) is 0 Å². The fourth-order valence-corrected chi connectivity index (χ4v) is 3.14. The van der Waals surface area contributed by atoms with Crippen LogP contribution in [0.4, 0.5) is 0 Å². The third-order valence-electron chi connectivity index (χ3n) is 3.46. The number of amides is 1. The molecule has 17 heavy (non-hydrogen) atoms. The summed E-state index contributed by atoms with van der Waals surface area (Å²) in [5.41, 5.74) is 1.27. The Bertz CT molecular complexity index is 314. The first kappa shape index (κ1) is 14.9. The molecule has 0 saturated carbocycles. The van der Waals surface area contributed by atoms with Gasteiger partial charge in [-0.1, -0.05) is 0 Å². The number of carbonyl (C=O) groups is 1. The summed E-state index contributed by atoms with van der Waals surface area (Å²) in [6.45, 7) is 6.73. The summed E-state index contributed by atoms with van der Waals surface area (Å²) in [5.74, 6) is 1.24. The van der Waals surface area contributed by atoms with Gasteiger partial charge in [0.25, 0.3) is 0 Å². The summed E-state index contributed by atoms with van der Waals surface area (Å²) >= 11 is 1.84. The SMILES string of the molecule is Br.CC1=C(C)N(CC(=O)N2CCCCC2)CS1. The van der Waals surface area contributed by atoms with Gasteiger partial charge in [0, 0.05) is 23.7 Å². The highest BCUT2D eigenvalue weighted by molar-refractivity contribution is 8.93. The molecule has 0 unspecified atom stereocenters. The van der Waals surface area contributed by atoms with Crippen LogP contribution in [0.5, 0.6) is 0 Å². The minimum Gasteiger partial charge on any atom is -0.356 e. The van der Waals surface area contributed by atoms with E-state index in [0.29, 0.717) is 12.5 Å². The van der Waals surface area contributed by atoms with Gasteiger partial charge in [-0.3, -0.25) is 4.79 Å². The third kappa shape index (κ3) is 3.65. The Labute approximate surface area is 118 Å². The number of halogens is 1. The zero-order valence-corrected chi connectivity index (χ0v) is 13.1. The van der Waals surface area contributed by atoms with Crippen LogP contribution in [0.25, 0.3) is 0 Å². The molecule has 0 aliphatic carbocycles. The van der Waals surface area contributed by atoms with Gasteiger partial charge in [-0.2, -0.15) is 0 Å². The molecule has 2 rings (SSSR count). The Kier molecular flexibility index (Phi) is 5.86. The van der Waals surface area contributed by atoms with E-state index in [-0.39, 0.29) is 17.0 Å². The van der Waals surface area contributed by atoms with Gasteiger partial charge in [0.2, 0.25) is 5.91 Å². The second-order valence-electron chi connectivity index (χ2n) is 4.55.